The van der Waals surface area contributed by atoms with Crippen LogP contribution < -0.4 is 5.32 Å². The highest BCUT2D eigenvalue weighted by molar-refractivity contribution is 7.89. The fourth-order valence-corrected chi connectivity index (χ4v) is 6.78. The topological polar surface area (TPSA) is 49.4 Å². The van der Waals surface area contributed by atoms with Crippen molar-refractivity contribution in [3.63, 3.8) is 0 Å². The summed E-state index contributed by atoms with van der Waals surface area (Å²) in [6.07, 6.45) is 10.4. The second kappa shape index (κ2) is 6.97. The first-order chi connectivity index (χ1) is 10.2. The first-order valence-corrected chi connectivity index (χ1v) is 10.5. The van der Waals surface area contributed by atoms with Gasteiger partial charge in [0, 0.05) is 12.6 Å². The van der Waals surface area contributed by atoms with Crippen molar-refractivity contribution in [3.8, 4) is 0 Å². The van der Waals surface area contributed by atoms with Crippen molar-refractivity contribution in [2.45, 2.75) is 63.8 Å². The van der Waals surface area contributed by atoms with E-state index in [-0.39, 0.29) is 0 Å². The lowest BCUT2D eigenvalue weighted by Gasteiger charge is -2.34. The average molecular weight is 314 g/mol. The van der Waals surface area contributed by atoms with E-state index in [1.54, 1.807) is 0 Å². The Balaban J connectivity index is 1.64. The number of nitrogens with zero attached hydrogens (tertiary/aromatic N) is 1. The third kappa shape index (κ3) is 3.80. The molecule has 2 saturated heterocycles. The molecule has 122 valence electrons. The van der Waals surface area contributed by atoms with Gasteiger partial charge in [0.25, 0.3) is 0 Å². The Kier molecular flexibility index (Phi) is 5.23. The Labute approximate surface area is 129 Å². The van der Waals surface area contributed by atoms with Crippen LogP contribution in [-0.2, 0) is 10.0 Å². The maximum atomic E-state index is 12.9. The van der Waals surface area contributed by atoms with Crippen molar-refractivity contribution in [2.24, 2.45) is 11.8 Å². The van der Waals surface area contributed by atoms with Crippen LogP contribution >= 0.6 is 0 Å². The summed E-state index contributed by atoms with van der Waals surface area (Å²) in [6.45, 7) is 2.87. The van der Waals surface area contributed by atoms with Crippen molar-refractivity contribution in [1.82, 2.24) is 9.62 Å². The molecule has 1 saturated carbocycles. The van der Waals surface area contributed by atoms with E-state index in [2.05, 4.69) is 5.32 Å². The lowest BCUT2D eigenvalue weighted by atomic mass is 9.89. The van der Waals surface area contributed by atoms with E-state index in [1.807, 2.05) is 4.31 Å². The summed E-state index contributed by atoms with van der Waals surface area (Å²) in [6, 6.07) is 0.292. The molecular formula is C16H30N2O2S. The third-order valence-electron chi connectivity index (χ3n) is 5.70. The Morgan fingerprint density at radius 1 is 0.905 bits per heavy atom. The molecule has 0 spiro atoms. The highest BCUT2D eigenvalue weighted by Gasteiger charge is 2.39. The molecule has 1 N–H and O–H groups in total. The Morgan fingerprint density at radius 3 is 2.33 bits per heavy atom. The van der Waals surface area contributed by atoms with Gasteiger partial charge < -0.3 is 5.32 Å². The molecule has 21 heavy (non-hydrogen) atoms. The summed E-state index contributed by atoms with van der Waals surface area (Å²) in [4.78, 5) is 0. The lowest BCUT2D eigenvalue weighted by Crippen LogP contribution is -2.45. The van der Waals surface area contributed by atoms with Gasteiger partial charge in [-0.1, -0.05) is 19.3 Å². The van der Waals surface area contributed by atoms with Gasteiger partial charge in [-0.3, -0.25) is 0 Å². The van der Waals surface area contributed by atoms with Crippen molar-refractivity contribution in [2.75, 3.05) is 25.4 Å². The van der Waals surface area contributed by atoms with Crippen LogP contribution in [0.25, 0.3) is 0 Å². The van der Waals surface area contributed by atoms with Crippen LogP contribution in [0.1, 0.15) is 57.8 Å². The monoisotopic (exact) mass is 314 g/mol. The van der Waals surface area contributed by atoms with E-state index >= 15 is 0 Å². The highest BCUT2D eigenvalue weighted by Crippen LogP contribution is 2.33. The minimum atomic E-state index is -3.05. The van der Waals surface area contributed by atoms with Gasteiger partial charge in [-0.15, -0.1) is 0 Å². The Morgan fingerprint density at radius 2 is 1.62 bits per heavy atom. The summed E-state index contributed by atoms with van der Waals surface area (Å²) in [7, 11) is -3.05. The first-order valence-electron chi connectivity index (χ1n) is 8.87. The van der Waals surface area contributed by atoms with Crippen LogP contribution in [0.3, 0.4) is 0 Å². The van der Waals surface area contributed by atoms with E-state index in [0.717, 1.165) is 58.2 Å². The lowest BCUT2D eigenvalue weighted by molar-refractivity contribution is 0.233. The molecule has 5 heteroatoms. The minimum absolute atomic E-state index is 0.292. The number of rotatable bonds is 4. The van der Waals surface area contributed by atoms with E-state index < -0.39 is 10.0 Å². The summed E-state index contributed by atoms with van der Waals surface area (Å²) in [5, 5.41) is 3.39. The normalized spacial score (nSPS) is 30.8. The molecule has 0 bridgehead atoms. The Bertz CT molecular complexity index is 426. The zero-order chi connectivity index (χ0) is 14.7. The summed E-state index contributed by atoms with van der Waals surface area (Å²) in [5.41, 5.74) is 0. The predicted molar refractivity (Wildman–Crippen MR) is 85.7 cm³/mol. The van der Waals surface area contributed by atoms with Gasteiger partial charge in [0.1, 0.15) is 0 Å². The van der Waals surface area contributed by atoms with Crippen molar-refractivity contribution in [3.05, 3.63) is 0 Å². The van der Waals surface area contributed by atoms with Gasteiger partial charge in [0.2, 0.25) is 10.0 Å². The third-order valence-corrected chi connectivity index (χ3v) is 7.77. The van der Waals surface area contributed by atoms with Crippen molar-refractivity contribution in [1.29, 1.82) is 0 Å². The van der Waals surface area contributed by atoms with Crippen molar-refractivity contribution >= 4 is 10.0 Å². The Hall–Kier alpha value is -0.130. The number of hydrogen-bond donors (Lipinski definition) is 1. The molecule has 0 aromatic carbocycles. The van der Waals surface area contributed by atoms with Crippen LogP contribution in [0, 0.1) is 11.8 Å². The summed E-state index contributed by atoms with van der Waals surface area (Å²) in [5.74, 6) is 1.40. The van der Waals surface area contributed by atoms with Crippen LogP contribution in [0.2, 0.25) is 0 Å². The SMILES string of the molecule is O=S(=O)(CC1CCCCC1)N1CCCC1C1CCNCC1. The predicted octanol–water partition coefficient (Wildman–Crippen LogP) is 2.36. The molecule has 1 aliphatic carbocycles. The van der Waals surface area contributed by atoms with E-state index in [9.17, 15) is 8.42 Å². The zero-order valence-electron chi connectivity index (χ0n) is 13.1. The second-order valence-electron chi connectivity index (χ2n) is 7.19. The molecule has 3 rings (SSSR count). The smallest absolute Gasteiger partial charge is 0.214 e. The number of piperidine rings is 1. The number of hydrogen-bond acceptors (Lipinski definition) is 3. The summed E-state index contributed by atoms with van der Waals surface area (Å²) < 4.78 is 27.6. The van der Waals surface area contributed by atoms with Crippen LogP contribution in [0.5, 0.6) is 0 Å². The van der Waals surface area contributed by atoms with E-state index in [0.29, 0.717) is 23.6 Å². The van der Waals surface area contributed by atoms with Gasteiger partial charge in [-0.05, 0) is 63.5 Å². The number of nitrogens with one attached hydrogen (secondary N) is 1. The quantitative estimate of drug-likeness (QED) is 0.866. The highest BCUT2D eigenvalue weighted by atomic mass is 32.2. The molecule has 2 aliphatic heterocycles. The molecule has 0 amide bonds. The molecule has 4 nitrogen and oxygen atoms in total. The van der Waals surface area contributed by atoms with E-state index in [1.165, 1.54) is 19.3 Å². The first kappa shape index (κ1) is 15.8. The van der Waals surface area contributed by atoms with Gasteiger partial charge >= 0.3 is 0 Å². The fourth-order valence-electron chi connectivity index (χ4n) is 4.56. The molecule has 3 aliphatic rings. The second-order valence-corrected chi connectivity index (χ2v) is 9.16. The van der Waals surface area contributed by atoms with Gasteiger partial charge in [-0.25, -0.2) is 8.42 Å². The fraction of sp³-hybridized carbons (Fsp3) is 1.00. The van der Waals surface area contributed by atoms with Gasteiger partial charge in [-0.2, -0.15) is 4.31 Å². The molecular weight excluding hydrogens is 284 g/mol. The molecule has 3 fully saturated rings. The largest absolute Gasteiger partial charge is 0.317 e. The average Bonchev–Trinajstić information content (AvgIpc) is 2.99. The minimum Gasteiger partial charge on any atom is -0.317 e. The molecule has 0 aromatic heterocycles. The maximum Gasteiger partial charge on any atom is 0.214 e. The van der Waals surface area contributed by atoms with E-state index in [4.69, 9.17) is 0 Å². The standard InChI is InChI=1S/C16H30N2O2S/c19-21(20,13-14-5-2-1-3-6-14)18-12-4-7-16(18)15-8-10-17-11-9-15/h14-17H,1-13H2. The van der Waals surface area contributed by atoms with Crippen LogP contribution in [0.4, 0.5) is 0 Å². The maximum absolute atomic E-state index is 12.9. The summed E-state index contributed by atoms with van der Waals surface area (Å²) >= 11 is 0. The molecule has 0 radical (unpaired) electrons. The number of sulfonamides is 1. The molecule has 2 heterocycles. The van der Waals surface area contributed by atoms with Gasteiger partial charge in [0.15, 0.2) is 0 Å². The van der Waals surface area contributed by atoms with Crippen LogP contribution in [-0.4, -0.2) is 44.2 Å². The van der Waals surface area contributed by atoms with Crippen LogP contribution in [0.15, 0.2) is 0 Å². The zero-order valence-corrected chi connectivity index (χ0v) is 13.9. The molecule has 1 unspecified atom stereocenters. The van der Waals surface area contributed by atoms with Crippen molar-refractivity contribution < 1.29 is 8.42 Å². The molecule has 1 atom stereocenters. The van der Waals surface area contributed by atoms with Gasteiger partial charge in [0.05, 0.1) is 5.75 Å². The molecule has 0 aromatic rings.